The molecule has 1 aliphatic carbocycles. The molecular weight excluding hydrogens is 212 g/mol. The smallest absolute Gasteiger partial charge is 0.239 e. The van der Waals surface area contributed by atoms with E-state index < -0.39 is 0 Å². The summed E-state index contributed by atoms with van der Waals surface area (Å²) in [4.78, 5) is 13.8. The van der Waals surface area contributed by atoms with Crippen molar-refractivity contribution in [2.45, 2.75) is 65.5 Å². The SMILES string of the molecule is CCN(C)C(=O)C(C)NC1CCCC(C)(C)C1. The second-order valence-electron chi connectivity index (χ2n) is 6.20. The van der Waals surface area contributed by atoms with Crippen LogP contribution in [-0.4, -0.2) is 36.5 Å². The number of rotatable bonds is 4. The Hall–Kier alpha value is -0.570. The maximum Gasteiger partial charge on any atom is 0.239 e. The molecule has 0 spiro atoms. The molecule has 0 bridgehead atoms. The third-order valence-electron chi connectivity index (χ3n) is 3.91. The standard InChI is InChI=1S/C14H28N2O/c1-6-16(5)13(17)11(2)15-12-8-7-9-14(3,4)10-12/h11-12,15H,6-10H2,1-5H3. The van der Waals surface area contributed by atoms with E-state index in [1.165, 1.54) is 25.7 Å². The van der Waals surface area contributed by atoms with Crippen molar-refractivity contribution in [3.63, 3.8) is 0 Å². The first-order chi connectivity index (χ1) is 7.85. The second kappa shape index (κ2) is 5.85. The number of amides is 1. The molecule has 0 aromatic heterocycles. The lowest BCUT2D eigenvalue weighted by Crippen LogP contribution is -2.49. The number of likely N-dealkylation sites (N-methyl/N-ethyl adjacent to an activating group) is 1. The Kier molecular flexibility index (Phi) is 4.99. The lowest BCUT2D eigenvalue weighted by Gasteiger charge is -2.37. The summed E-state index contributed by atoms with van der Waals surface area (Å²) in [6.07, 6.45) is 4.97. The fourth-order valence-corrected chi connectivity index (χ4v) is 2.75. The highest BCUT2D eigenvalue weighted by Gasteiger charge is 2.29. The molecule has 3 heteroatoms. The van der Waals surface area contributed by atoms with Crippen molar-refractivity contribution in [3.8, 4) is 0 Å². The van der Waals surface area contributed by atoms with E-state index in [9.17, 15) is 4.79 Å². The molecule has 0 aliphatic heterocycles. The van der Waals surface area contributed by atoms with E-state index in [2.05, 4.69) is 19.2 Å². The Labute approximate surface area is 106 Å². The Balaban J connectivity index is 2.45. The summed E-state index contributed by atoms with van der Waals surface area (Å²) in [5.41, 5.74) is 0.426. The normalized spacial score (nSPS) is 25.4. The van der Waals surface area contributed by atoms with Crippen molar-refractivity contribution >= 4 is 5.91 Å². The minimum absolute atomic E-state index is 0.0566. The van der Waals surface area contributed by atoms with Gasteiger partial charge in [0.1, 0.15) is 0 Å². The summed E-state index contributed by atoms with van der Waals surface area (Å²) in [6.45, 7) is 9.42. The number of hydrogen-bond acceptors (Lipinski definition) is 2. The number of nitrogens with one attached hydrogen (secondary N) is 1. The molecule has 100 valence electrons. The fourth-order valence-electron chi connectivity index (χ4n) is 2.75. The van der Waals surface area contributed by atoms with E-state index in [1.54, 1.807) is 4.90 Å². The molecule has 1 saturated carbocycles. The summed E-state index contributed by atoms with van der Waals surface area (Å²) in [6, 6.07) is 0.446. The highest BCUT2D eigenvalue weighted by atomic mass is 16.2. The molecule has 17 heavy (non-hydrogen) atoms. The molecule has 1 amide bonds. The monoisotopic (exact) mass is 240 g/mol. The van der Waals surface area contributed by atoms with Gasteiger partial charge in [-0.25, -0.2) is 0 Å². The van der Waals surface area contributed by atoms with Crippen LogP contribution in [0.2, 0.25) is 0 Å². The minimum atomic E-state index is -0.0566. The first-order valence-electron chi connectivity index (χ1n) is 6.87. The Morgan fingerprint density at radius 3 is 2.71 bits per heavy atom. The largest absolute Gasteiger partial charge is 0.345 e. The number of nitrogens with zero attached hydrogens (tertiary/aromatic N) is 1. The van der Waals surface area contributed by atoms with E-state index >= 15 is 0 Å². The second-order valence-corrected chi connectivity index (χ2v) is 6.20. The number of carbonyl (C=O) groups is 1. The average molecular weight is 240 g/mol. The van der Waals surface area contributed by atoms with Crippen LogP contribution in [0.3, 0.4) is 0 Å². The fraction of sp³-hybridized carbons (Fsp3) is 0.929. The van der Waals surface area contributed by atoms with Gasteiger partial charge in [-0.15, -0.1) is 0 Å². The van der Waals surface area contributed by atoms with Gasteiger partial charge < -0.3 is 10.2 Å². The van der Waals surface area contributed by atoms with Gasteiger partial charge in [0.15, 0.2) is 0 Å². The van der Waals surface area contributed by atoms with E-state index in [-0.39, 0.29) is 11.9 Å². The molecule has 1 N–H and O–H groups in total. The van der Waals surface area contributed by atoms with Crippen molar-refractivity contribution in [1.29, 1.82) is 0 Å². The first-order valence-corrected chi connectivity index (χ1v) is 6.87. The third kappa shape index (κ3) is 4.30. The molecule has 0 radical (unpaired) electrons. The van der Waals surface area contributed by atoms with E-state index in [1.807, 2.05) is 20.9 Å². The third-order valence-corrected chi connectivity index (χ3v) is 3.91. The zero-order chi connectivity index (χ0) is 13.1. The van der Waals surface area contributed by atoms with E-state index in [0.717, 1.165) is 6.54 Å². The molecule has 1 aliphatic rings. The van der Waals surface area contributed by atoms with Gasteiger partial charge in [0.25, 0.3) is 0 Å². The summed E-state index contributed by atoms with van der Waals surface area (Å²) in [7, 11) is 1.87. The van der Waals surface area contributed by atoms with Gasteiger partial charge in [-0.05, 0) is 38.5 Å². The van der Waals surface area contributed by atoms with Gasteiger partial charge in [-0.2, -0.15) is 0 Å². The summed E-state index contributed by atoms with van der Waals surface area (Å²) < 4.78 is 0. The molecule has 3 nitrogen and oxygen atoms in total. The Morgan fingerprint density at radius 1 is 1.53 bits per heavy atom. The lowest BCUT2D eigenvalue weighted by atomic mass is 9.75. The van der Waals surface area contributed by atoms with Crippen LogP contribution in [-0.2, 0) is 4.79 Å². The van der Waals surface area contributed by atoms with Crippen molar-refractivity contribution in [1.82, 2.24) is 10.2 Å². The quantitative estimate of drug-likeness (QED) is 0.818. The molecule has 0 saturated heterocycles. The molecule has 0 heterocycles. The van der Waals surface area contributed by atoms with Crippen LogP contribution in [0.5, 0.6) is 0 Å². The van der Waals surface area contributed by atoms with Gasteiger partial charge in [0.05, 0.1) is 6.04 Å². The summed E-state index contributed by atoms with van der Waals surface area (Å²) in [5, 5.41) is 3.50. The van der Waals surface area contributed by atoms with Crippen molar-refractivity contribution in [2.75, 3.05) is 13.6 Å². The highest BCUT2D eigenvalue weighted by molar-refractivity contribution is 5.81. The number of hydrogen-bond donors (Lipinski definition) is 1. The van der Waals surface area contributed by atoms with E-state index in [4.69, 9.17) is 0 Å². The van der Waals surface area contributed by atoms with Gasteiger partial charge in [0, 0.05) is 19.6 Å². The van der Waals surface area contributed by atoms with Crippen LogP contribution < -0.4 is 5.32 Å². The zero-order valence-corrected chi connectivity index (χ0v) is 12.0. The van der Waals surface area contributed by atoms with Crippen LogP contribution in [0, 0.1) is 5.41 Å². The molecule has 1 fully saturated rings. The van der Waals surface area contributed by atoms with Gasteiger partial charge >= 0.3 is 0 Å². The van der Waals surface area contributed by atoms with Gasteiger partial charge in [-0.1, -0.05) is 20.3 Å². The molecule has 2 unspecified atom stereocenters. The zero-order valence-electron chi connectivity index (χ0n) is 12.0. The lowest BCUT2D eigenvalue weighted by molar-refractivity contribution is -0.131. The van der Waals surface area contributed by atoms with Crippen molar-refractivity contribution < 1.29 is 4.79 Å². The van der Waals surface area contributed by atoms with Crippen LogP contribution in [0.15, 0.2) is 0 Å². The summed E-state index contributed by atoms with van der Waals surface area (Å²) >= 11 is 0. The van der Waals surface area contributed by atoms with Crippen LogP contribution in [0.1, 0.15) is 53.4 Å². The predicted molar refractivity (Wildman–Crippen MR) is 71.9 cm³/mol. The van der Waals surface area contributed by atoms with Crippen molar-refractivity contribution in [3.05, 3.63) is 0 Å². The molecular formula is C14H28N2O. The first kappa shape index (κ1) is 14.5. The maximum atomic E-state index is 12.0. The Morgan fingerprint density at radius 2 is 2.18 bits per heavy atom. The van der Waals surface area contributed by atoms with E-state index in [0.29, 0.717) is 11.5 Å². The number of carbonyl (C=O) groups excluding carboxylic acids is 1. The highest BCUT2D eigenvalue weighted by Crippen LogP contribution is 2.35. The maximum absolute atomic E-state index is 12.0. The van der Waals surface area contributed by atoms with Gasteiger partial charge in [-0.3, -0.25) is 4.79 Å². The average Bonchev–Trinajstić information content (AvgIpc) is 2.25. The molecule has 0 aromatic carbocycles. The van der Waals surface area contributed by atoms with Crippen molar-refractivity contribution in [2.24, 2.45) is 5.41 Å². The Bertz CT molecular complexity index is 263. The molecule has 0 aromatic rings. The minimum Gasteiger partial charge on any atom is -0.345 e. The van der Waals surface area contributed by atoms with Crippen LogP contribution >= 0.6 is 0 Å². The van der Waals surface area contributed by atoms with Gasteiger partial charge in [0.2, 0.25) is 5.91 Å². The van der Waals surface area contributed by atoms with Crippen LogP contribution in [0.4, 0.5) is 0 Å². The molecule has 1 rings (SSSR count). The predicted octanol–water partition coefficient (Wildman–Crippen LogP) is 2.41. The topological polar surface area (TPSA) is 32.3 Å². The molecule has 2 atom stereocenters. The van der Waals surface area contributed by atoms with Crippen LogP contribution in [0.25, 0.3) is 0 Å². The summed E-state index contributed by atoms with van der Waals surface area (Å²) in [5.74, 6) is 0.205.